The van der Waals surface area contributed by atoms with E-state index in [0.717, 1.165) is 40.4 Å². The number of carbonyl (C=O) groups is 2. The molecule has 1 aliphatic heterocycles. The maximum Gasteiger partial charge on any atom is 0.413 e. The van der Waals surface area contributed by atoms with E-state index in [1.165, 1.54) is 30.2 Å². The Kier molecular flexibility index (Phi) is 15.4. The zero-order valence-electron chi connectivity index (χ0n) is 29.0. The summed E-state index contributed by atoms with van der Waals surface area (Å²) in [6.45, 7) is 20.6. The monoisotopic (exact) mass is 634 g/mol. The van der Waals surface area contributed by atoms with Crippen LogP contribution in [-0.2, 0) is 17.7 Å². The zero-order valence-corrected chi connectivity index (χ0v) is 29.9. The molecule has 1 amide bonds. The molecule has 1 atom stereocenters. The second-order valence-electron chi connectivity index (χ2n) is 11.7. The Labute approximate surface area is 275 Å². The molecule has 1 aromatic carbocycles. The number of anilines is 1. The molecule has 0 radical (unpaired) electrons. The SMILES string of the molecule is CC.CCCC.CCCc1ccc2c(c1)c(C1=CC=CNC1C)c(C(=O)SCC)n2Cc1ccnc(NC(=O)OC(C)(C)C)c1. The molecule has 0 spiro atoms. The van der Waals surface area contributed by atoms with Crippen LogP contribution in [0.2, 0.25) is 0 Å². The first-order chi connectivity index (χ1) is 21.5. The summed E-state index contributed by atoms with van der Waals surface area (Å²) in [7, 11) is 0. The molecule has 4 rings (SSSR count). The van der Waals surface area contributed by atoms with E-state index < -0.39 is 11.7 Å². The van der Waals surface area contributed by atoms with Gasteiger partial charge in [0.15, 0.2) is 0 Å². The first kappa shape index (κ1) is 37.7. The standard InChI is InChI=1S/C31H38N4O3S.C4H10.C2H6/c1-7-10-21-12-13-25-24(17-21)27(23-11-9-15-32-20(23)3)28(29(36)39-8-2)35(25)19-22-14-16-33-26(18-22)34-30(37)38-31(4,5)6;1-3-4-2;1-2/h9,11-18,20,32H,7-8,10,19H2,1-6H3,(H,33,34,37);3-4H2,1-2H3;1-2H3. The van der Waals surface area contributed by atoms with E-state index in [1.54, 1.807) is 6.20 Å². The highest BCUT2D eigenvalue weighted by Crippen LogP contribution is 2.37. The molecule has 3 heterocycles. The molecule has 1 unspecified atom stereocenters. The highest BCUT2D eigenvalue weighted by molar-refractivity contribution is 8.14. The number of ether oxygens (including phenoxy) is 1. The highest BCUT2D eigenvalue weighted by atomic mass is 32.2. The molecule has 0 fully saturated rings. The number of benzene rings is 1. The van der Waals surface area contributed by atoms with E-state index in [0.29, 0.717) is 23.8 Å². The van der Waals surface area contributed by atoms with E-state index in [1.807, 2.05) is 66.0 Å². The van der Waals surface area contributed by atoms with Gasteiger partial charge in [-0.1, -0.05) is 84.7 Å². The molecule has 3 aromatic rings. The average Bonchev–Trinajstić information content (AvgIpc) is 3.31. The van der Waals surface area contributed by atoms with E-state index in [4.69, 9.17) is 4.74 Å². The van der Waals surface area contributed by atoms with Crippen molar-refractivity contribution in [1.29, 1.82) is 0 Å². The maximum atomic E-state index is 13.7. The summed E-state index contributed by atoms with van der Waals surface area (Å²) in [5.41, 5.74) is 5.34. The third-order valence-corrected chi connectivity index (χ3v) is 7.65. The minimum atomic E-state index is -0.611. The summed E-state index contributed by atoms with van der Waals surface area (Å²) in [6.07, 6.45) is 11.8. The number of thioether (sulfide) groups is 1. The van der Waals surface area contributed by atoms with E-state index in [-0.39, 0.29) is 11.2 Å². The van der Waals surface area contributed by atoms with Crippen LogP contribution < -0.4 is 10.6 Å². The normalized spacial score (nSPS) is 13.9. The van der Waals surface area contributed by atoms with Crippen LogP contribution in [0, 0.1) is 0 Å². The van der Waals surface area contributed by atoms with Crippen LogP contribution in [0.1, 0.15) is 116 Å². The summed E-state index contributed by atoms with van der Waals surface area (Å²) in [6, 6.07) is 10.3. The van der Waals surface area contributed by atoms with E-state index in [9.17, 15) is 9.59 Å². The Morgan fingerprint density at radius 1 is 1.02 bits per heavy atom. The van der Waals surface area contributed by atoms with Crippen LogP contribution in [0.25, 0.3) is 16.5 Å². The first-order valence-corrected chi connectivity index (χ1v) is 17.4. The number of fused-ring (bicyclic) bond motifs is 1. The van der Waals surface area contributed by atoms with Crippen molar-refractivity contribution in [3.05, 3.63) is 77.3 Å². The Morgan fingerprint density at radius 3 is 2.33 bits per heavy atom. The second kappa shape index (κ2) is 18.4. The number of pyridine rings is 1. The van der Waals surface area contributed by atoms with Gasteiger partial charge in [0.25, 0.3) is 0 Å². The lowest BCUT2D eigenvalue weighted by Crippen LogP contribution is -2.27. The maximum absolute atomic E-state index is 13.7. The van der Waals surface area contributed by atoms with Gasteiger partial charge in [-0.05, 0) is 93.1 Å². The number of aromatic nitrogens is 2. The number of allylic oxidation sites excluding steroid dienone is 2. The summed E-state index contributed by atoms with van der Waals surface area (Å²) in [5, 5.41) is 7.25. The number of carbonyl (C=O) groups excluding carboxylic acids is 2. The second-order valence-corrected chi connectivity index (χ2v) is 12.9. The van der Waals surface area contributed by atoms with Crippen molar-refractivity contribution in [2.45, 2.75) is 113 Å². The number of unbranched alkanes of at least 4 members (excludes halogenated alkanes) is 1. The van der Waals surface area contributed by atoms with Gasteiger partial charge in [-0.15, -0.1) is 0 Å². The lowest BCUT2D eigenvalue weighted by molar-refractivity contribution is 0.0635. The predicted octanol–water partition coefficient (Wildman–Crippen LogP) is 10.00. The Hall–Kier alpha value is -3.52. The van der Waals surface area contributed by atoms with Crippen LogP contribution in [0.3, 0.4) is 0 Å². The topological polar surface area (TPSA) is 85.3 Å². The van der Waals surface area contributed by atoms with Crippen LogP contribution >= 0.6 is 11.8 Å². The molecule has 1 aliphatic rings. The van der Waals surface area contributed by atoms with E-state index >= 15 is 0 Å². The van der Waals surface area contributed by atoms with E-state index in [2.05, 4.69) is 72.2 Å². The first-order valence-electron chi connectivity index (χ1n) is 16.4. The molecule has 0 saturated heterocycles. The van der Waals surface area contributed by atoms with Gasteiger partial charge in [0.2, 0.25) is 5.12 Å². The number of hydrogen-bond acceptors (Lipinski definition) is 6. The molecule has 2 aromatic heterocycles. The summed E-state index contributed by atoms with van der Waals surface area (Å²) < 4.78 is 7.50. The molecule has 7 nitrogen and oxygen atoms in total. The minimum Gasteiger partial charge on any atom is -0.444 e. The Balaban J connectivity index is 0.00000109. The molecule has 2 N–H and O–H groups in total. The number of aryl methyl sites for hydroxylation is 1. The summed E-state index contributed by atoms with van der Waals surface area (Å²) in [5.74, 6) is 1.09. The van der Waals surface area contributed by atoms with Crippen molar-refractivity contribution in [2.24, 2.45) is 0 Å². The minimum absolute atomic E-state index is 0.0459. The van der Waals surface area contributed by atoms with Gasteiger partial charge in [0.1, 0.15) is 17.1 Å². The fourth-order valence-corrected chi connectivity index (χ4v) is 5.44. The van der Waals surface area contributed by atoms with Gasteiger partial charge in [-0.3, -0.25) is 10.1 Å². The molecular weight excluding hydrogens is 580 g/mol. The van der Waals surface area contributed by atoms with Crippen LogP contribution in [0.5, 0.6) is 0 Å². The van der Waals surface area contributed by atoms with Crippen LogP contribution in [0.15, 0.2) is 54.9 Å². The van der Waals surface area contributed by atoms with Crippen molar-refractivity contribution >= 4 is 45.3 Å². The molecule has 0 bridgehead atoms. The van der Waals surface area contributed by atoms with Gasteiger partial charge in [-0.25, -0.2) is 9.78 Å². The molecule has 0 saturated carbocycles. The van der Waals surface area contributed by atoms with Gasteiger partial charge in [0, 0.05) is 35.2 Å². The third-order valence-electron chi connectivity index (χ3n) is 6.90. The highest BCUT2D eigenvalue weighted by Gasteiger charge is 2.28. The molecule has 8 heteroatoms. The Morgan fingerprint density at radius 2 is 1.73 bits per heavy atom. The number of nitrogens with zero attached hydrogens (tertiary/aromatic N) is 2. The summed E-state index contributed by atoms with van der Waals surface area (Å²) >= 11 is 1.32. The summed E-state index contributed by atoms with van der Waals surface area (Å²) in [4.78, 5) is 30.4. The number of hydrogen-bond donors (Lipinski definition) is 2. The average molecular weight is 635 g/mol. The largest absolute Gasteiger partial charge is 0.444 e. The van der Waals surface area contributed by atoms with Crippen molar-refractivity contribution in [1.82, 2.24) is 14.9 Å². The van der Waals surface area contributed by atoms with Crippen LogP contribution in [0.4, 0.5) is 10.6 Å². The quantitative estimate of drug-likeness (QED) is 0.244. The van der Waals surface area contributed by atoms with Crippen LogP contribution in [-0.4, -0.2) is 38.2 Å². The molecule has 45 heavy (non-hydrogen) atoms. The van der Waals surface area contributed by atoms with Gasteiger partial charge in [-0.2, -0.15) is 0 Å². The van der Waals surface area contributed by atoms with Crippen molar-refractivity contribution in [3.63, 3.8) is 0 Å². The third kappa shape index (κ3) is 10.8. The fourth-order valence-electron chi connectivity index (χ4n) is 4.83. The van der Waals surface area contributed by atoms with Crippen molar-refractivity contribution in [3.8, 4) is 0 Å². The Bertz CT molecular complexity index is 1460. The number of rotatable bonds is 9. The smallest absolute Gasteiger partial charge is 0.413 e. The van der Waals surface area contributed by atoms with Crippen molar-refractivity contribution in [2.75, 3.05) is 11.1 Å². The fraction of sp³-hybridized carbons (Fsp3) is 0.486. The lowest BCUT2D eigenvalue weighted by atomic mass is 9.94. The molecule has 246 valence electrons. The van der Waals surface area contributed by atoms with Gasteiger partial charge >= 0.3 is 6.09 Å². The predicted molar refractivity (Wildman–Crippen MR) is 193 cm³/mol. The number of amides is 1. The van der Waals surface area contributed by atoms with Gasteiger partial charge in [0.05, 0.1) is 0 Å². The number of nitrogens with one attached hydrogen (secondary N) is 2. The number of dihydropyridines is 1. The zero-order chi connectivity index (χ0) is 33.6. The lowest BCUT2D eigenvalue weighted by Gasteiger charge is -2.21. The molecular formula is C37H54N4O3S. The van der Waals surface area contributed by atoms with Gasteiger partial charge < -0.3 is 14.6 Å². The van der Waals surface area contributed by atoms with Crippen molar-refractivity contribution < 1.29 is 14.3 Å². The molecule has 0 aliphatic carbocycles.